The van der Waals surface area contributed by atoms with Crippen LogP contribution in [0.2, 0.25) is 0 Å². The SMILES string of the molecule is CCCC(=O)Nc1ccc(C(=O)CSc2nnc(CC(=O)OCC)n2C)cc1. The summed E-state index contributed by atoms with van der Waals surface area (Å²) in [6.45, 7) is 4.00. The van der Waals surface area contributed by atoms with Gasteiger partial charge in [0.15, 0.2) is 10.9 Å². The topological polar surface area (TPSA) is 103 Å². The average Bonchev–Trinajstić information content (AvgIpc) is 3.00. The second-order valence-electron chi connectivity index (χ2n) is 6.03. The third kappa shape index (κ3) is 6.19. The Balaban J connectivity index is 1.91. The van der Waals surface area contributed by atoms with Gasteiger partial charge in [-0.15, -0.1) is 10.2 Å². The van der Waals surface area contributed by atoms with Gasteiger partial charge in [-0.2, -0.15) is 0 Å². The van der Waals surface area contributed by atoms with Gasteiger partial charge in [0, 0.05) is 24.7 Å². The fourth-order valence-electron chi connectivity index (χ4n) is 2.37. The number of ether oxygens (including phenoxy) is 1. The Labute approximate surface area is 168 Å². The molecule has 28 heavy (non-hydrogen) atoms. The fraction of sp³-hybridized carbons (Fsp3) is 0.421. The molecule has 0 spiro atoms. The van der Waals surface area contributed by atoms with Crippen molar-refractivity contribution in [1.29, 1.82) is 0 Å². The molecule has 0 bridgehead atoms. The molecular weight excluding hydrogens is 380 g/mol. The highest BCUT2D eigenvalue weighted by Crippen LogP contribution is 2.19. The lowest BCUT2D eigenvalue weighted by molar-refractivity contribution is -0.142. The first-order valence-corrected chi connectivity index (χ1v) is 10.0. The summed E-state index contributed by atoms with van der Waals surface area (Å²) < 4.78 is 6.59. The van der Waals surface area contributed by atoms with E-state index in [2.05, 4.69) is 15.5 Å². The molecular formula is C19H24N4O4S. The molecule has 0 atom stereocenters. The van der Waals surface area contributed by atoms with E-state index >= 15 is 0 Å². The Morgan fingerprint density at radius 3 is 2.50 bits per heavy atom. The molecule has 0 fully saturated rings. The van der Waals surface area contributed by atoms with Gasteiger partial charge in [0.1, 0.15) is 12.2 Å². The van der Waals surface area contributed by atoms with Gasteiger partial charge in [-0.25, -0.2) is 0 Å². The van der Waals surface area contributed by atoms with Crippen LogP contribution in [-0.2, 0) is 27.8 Å². The molecule has 0 aliphatic rings. The minimum Gasteiger partial charge on any atom is -0.466 e. The minimum absolute atomic E-state index is 0.0388. The van der Waals surface area contributed by atoms with Crippen LogP contribution in [0.4, 0.5) is 5.69 Å². The van der Waals surface area contributed by atoms with Gasteiger partial charge in [0.2, 0.25) is 5.91 Å². The Hall–Kier alpha value is -2.68. The largest absolute Gasteiger partial charge is 0.466 e. The second-order valence-corrected chi connectivity index (χ2v) is 6.97. The number of aromatic nitrogens is 3. The van der Waals surface area contributed by atoms with E-state index in [-0.39, 0.29) is 29.8 Å². The van der Waals surface area contributed by atoms with Crippen LogP contribution >= 0.6 is 11.8 Å². The summed E-state index contributed by atoms with van der Waals surface area (Å²) in [4.78, 5) is 35.6. The molecule has 0 radical (unpaired) electrons. The maximum Gasteiger partial charge on any atom is 0.313 e. The van der Waals surface area contributed by atoms with Gasteiger partial charge < -0.3 is 14.6 Å². The number of anilines is 1. The number of benzene rings is 1. The maximum absolute atomic E-state index is 12.4. The van der Waals surface area contributed by atoms with E-state index in [1.807, 2.05) is 6.92 Å². The fourth-order valence-corrected chi connectivity index (χ4v) is 3.19. The minimum atomic E-state index is -0.364. The number of Topliss-reactive ketones (excluding diaryl/α,β-unsaturated/α-hetero) is 1. The van der Waals surface area contributed by atoms with Crippen molar-refractivity contribution in [2.75, 3.05) is 17.7 Å². The lowest BCUT2D eigenvalue weighted by Gasteiger charge is -2.06. The van der Waals surface area contributed by atoms with E-state index in [0.717, 1.165) is 6.42 Å². The quantitative estimate of drug-likeness (QED) is 0.369. The van der Waals surface area contributed by atoms with E-state index in [1.165, 1.54) is 11.8 Å². The number of thioether (sulfide) groups is 1. The maximum atomic E-state index is 12.4. The Bertz CT molecular complexity index is 833. The number of amides is 1. The molecule has 1 aromatic heterocycles. The summed E-state index contributed by atoms with van der Waals surface area (Å²) in [5.41, 5.74) is 1.22. The standard InChI is InChI=1S/C19H24N4O4S/c1-4-6-17(25)20-14-9-7-13(8-10-14)15(24)12-28-19-22-21-16(23(19)3)11-18(26)27-5-2/h7-10H,4-6,11-12H2,1-3H3,(H,20,25). The molecule has 9 heteroatoms. The van der Waals surface area contributed by atoms with Gasteiger partial charge in [0.05, 0.1) is 12.4 Å². The van der Waals surface area contributed by atoms with Gasteiger partial charge >= 0.3 is 5.97 Å². The summed E-state index contributed by atoms with van der Waals surface area (Å²) in [6.07, 6.45) is 1.29. The number of nitrogens with one attached hydrogen (secondary N) is 1. The molecule has 2 rings (SSSR count). The average molecular weight is 404 g/mol. The number of esters is 1. The molecule has 1 aromatic carbocycles. The van der Waals surface area contributed by atoms with Gasteiger partial charge in [-0.05, 0) is 37.6 Å². The van der Waals surface area contributed by atoms with Crippen molar-refractivity contribution in [1.82, 2.24) is 14.8 Å². The summed E-state index contributed by atoms with van der Waals surface area (Å²) in [5.74, 6) is 0.203. The van der Waals surface area contributed by atoms with Crippen molar-refractivity contribution < 1.29 is 19.1 Å². The van der Waals surface area contributed by atoms with Crippen LogP contribution in [0, 0.1) is 0 Å². The lowest BCUT2D eigenvalue weighted by Crippen LogP contribution is -2.12. The van der Waals surface area contributed by atoms with E-state index in [1.54, 1.807) is 42.8 Å². The Kier molecular flexibility index (Phi) is 8.19. The van der Waals surface area contributed by atoms with Crippen LogP contribution in [0.1, 0.15) is 42.9 Å². The van der Waals surface area contributed by atoms with Crippen LogP contribution in [-0.4, -0.2) is 44.8 Å². The molecule has 150 valence electrons. The number of carbonyl (C=O) groups is 3. The zero-order chi connectivity index (χ0) is 20.5. The number of nitrogens with zero attached hydrogens (tertiary/aromatic N) is 3. The zero-order valence-electron chi connectivity index (χ0n) is 16.2. The third-order valence-electron chi connectivity index (χ3n) is 3.83. The first-order chi connectivity index (χ1) is 13.4. The Morgan fingerprint density at radius 2 is 1.86 bits per heavy atom. The number of hydrogen-bond donors (Lipinski definition) is 1. The molecule has 0 saturated heterocycles. The molecule has 0 aliphatic carbocycles. The molecule has 0 unspecified atom stereocenters. The molecule has 0 saturated carbocycles. The van der Waals surface area contributed by atoms with Crippen LogP contribution in [0.5, 0.6) is 0 Å². The van der Waals surface area contributed by atoms with E-state index in [9.17, 15) is 14.4 Å². The van der Waals surface area contributed by atoms with E-state index in [4.69, 9.17) is 4.74 Å². The lowest BCUT2D eigenvalue weighted by atomic mass is 10.1. The van der Waals surface area contributed by atoms with Crippen molar-refractivity contribution in [3.8, 4) is 0 Å². The van der Waals surface area contributed by atoms with Gasteiger partial charge in [-0.3, -0.25) is 14.4 Å². The molecule has 1 amide bonds. The monoisotopic (exact) mass is 404 g/mol. The van der Waals surface area contributed by atoms with Crippen LogP contribution in [0.15, 0.2) is 29.4 Å². The zero-order valence-corrected chi connectivity index (χ0v) is 17.0. The van der Waals surface area contributed by atoms with E-state index in [0.29, 0.717) is 35.3 Å². The van der Waals surface area contributed by atoms with Crippen LogP contribution in [0.3, 0.4) is 0 Å². The third-order valence-corrected chi connectivity index (χ3v) is 4.85. The number of rotatable bonds is 10. The first kappa shape index (κ1) is 21.6. The highest BCUT2D eigenvalue weighted by molar-refractivity contribution is 7.99. The number of carbonyl (C=O) groups excluding carboxylic acids is 3. The molecule has 1 heterocycles. The summed E-state index contributed by atoms with van der Waals surface area (Å²) >= 11 is 1.25. The van der Waals surface area contributed by atoms with Crippen LogP contribution in [0.25, 0.3) is 0 Å². The van der Waals surface area contributed by atoms with Gasteiger partial charge in [0.25, 0.3) is 0 Å². The first-order valence-electron chi connectivity index (χ1n) is 9.04. The molecule has 8 nitrogen and oxygen atoms in total. The van der Waals surface area contributed by atoms with Crippen molar-refractivity contribution >= 4 is 35.1 Å². The highest BCUT2D eigenvalue weighted by atomic mass is 32.2. The van der Waals surface area contributed by atoms with Crippen molar-refractivity contribution in [2.45, 2.75) is 38.3 Å². The highest BCUT2D eigenvalue weighted by Gasteiger charge is 2.15. The second kappa shape index (κ2) is 10.6. The molecule has 2 aromatic rings. The van der Waals surface area contributed by atoms with E-state index < -0.39 is 0 Å². The smallest absolute Gasteiger partial charge is 0.313 e. The van der Waals surface area contributed by atoms with Crippen LogP contribution < -0.4 is 5.32 Å². The van der Waals surface area contributed by atoms with Crippen molar-refractivity contribution in [3.63, 3.8) is 0 Å². The molecule has 1 N–H and O–H groups in total. The summed E-state index contributed by atoms with van der Waals surface area (Å²) in [6, 6.07) is 6.80. The normalized spacial score (nSPS) is 10.5. The van der Waals surface area contributed by atoms with Gasteiger partial charge in [-0.1, -0.05) is 18.7 Å². The predicted octanol–water partition coefficient (Wildman–Crippen LogP) is 2.63. The molecule has 0 aliphatic heterocycles. The van der Waals surface area contributed by atoms with Crippen molar-refractivity contribution in [2.24, 2.45) is 7.05 Å². The summed E-state index contributed by atoms with van der Waals surface area (Å²) in [7, 11) is 1.75. The predicted molar refractivity (Wildman–Crippen MR) is 106 cm³/mol. The Morgan fingerprint density at radius 1 is 1.14 bits per heavy atom. The summed E-state index contributed by atoms with van der Waals surface area (Å²) in [5, 5.41) is 11.3. The number of hydrogen-bond acceptors (Lipinski definition) is 7. The van der Waals surface area contributed by atoms with Crippen molar-refractivity contribution in [3.05, 3.63) is 35.7 Å². The number of ketones is 1.